The Balaban J connectivity index is 2.14. The van der Waals surface area contributed by atoms with Crippen LogP contribution < -0.4 is 5.56 Å². The third-order valence-electron chi connectivity index (χ3n) is 3.67. The number of hydrogen-bond acceptors (Lipinski definition) is 3. The summed E-state index contributed by atoms with van der Waals surface area (Å²) in [6, 6.07) is 7.45. The maximum atomic E-state index is 13.3. The van der Waals surface area contributed by atoms with Crippen molar-refractivity contribution >= 4 is 16.6 Å². The number of benzene rings is 2. The van der Waals surface area contributed by atoms with Crippen LogP contribution in [0.5, 0.6) is 0 Å². The lowest BCUT2D eigenvalue weighted by Crippen LogP contribution is -2.19. The molecule has 0 atom stereocenters. The molecule has 118 valence electrons. The molecule has 0 aliphatic heterocycles. The van der Waals surface area contributed by atoms with Gasteiger partial charge in [-0.2, -0.15) is 0 Å². The third kappa shape index (κ3) is 2.48. The van der Waals surface area contributed by atoms with Crippen molar-refractivity contribution in [3.8, 4) is 0 Å². The molecule has 3 aromatic rings. The predicted molar refractivity (Wildman–Crippen MR) is 79.3 cm³/mol. The smallest absolute Gasteiger partial charge is 0.274 e. The van der Waals surface area contributed by atoms with Crippen LogP contribution in [0.1, 0.15) is 5.56 Å². The zero-order chi connectivity index (χ0) is 16.7. The van der Waals surface area contributed by atoms with Gasteiger partial charge in [-0.3, -0.25) is 24.3 Å². The molecule has 1 aromatic heterocycles. The molecular weight excluding hydrogens is 308 g/mol. The van der Waals surface area contributed by atoms with Crippen molar-refractivity contribution in [1.82, 2.24) is 9.36 Å². The fourth-order valence-electron chi connectivity index (χ4n) is 2.48. The van der Waals surface area contributed by atoms with Gasteiger partial charge in [0, 0.05) is 19.2 Å². The quantitative estimate of drug-likeness (QED) is 0.550. The second kappa shape index (κ2) is 5.31. The van der Waals surface area contributed by atoms with Crippen LogP contribution in [0.15, 0.2) is 41.2 Å². The Morgan fingerprint density at radius 3 is 2.52 bits per heavy atom. The molecule has 0 N–H and O–H groups in total. The van der Waals surface area contributed by atoms with Gasteiger partial charge in [-0.1, -0.05) is 6.07 Å². The van der Waals surface area contributed by atoms with Crippen LogP contribution in [0.4, 0.5) is 14.5 Å². The van der Waals surface area contributed by atoms with Crippen LogP contribution in [0.25, 0.3) is 10.9 Å². The number of non-ortho nitro benzene ring substituents is 1. The van der Waals surface area contributed by atoms with Gasteiger partial charge in [0.1, 0.15) is 0 Å². The first-order chi connectivity index (χ1) is 10.9. The van der Waals surface area contributed by atoms with E-state index in [9.17, 15) is 23.7 Å². The monoisotopic (exact) mass is 319 g/mol. The zero-order valence-electron chi connectivity index (χ0n) is 12.0. The van der Waals surface area contributed by atoms with Gasteiger partial charge >= 0.3 is 0 Å². The lowest BCUT2D eigenvalue weighted by molar-refractivity contribution is -0.384. The zero-order valence-corrected chi connectivity index (χ0v) is 12.0. The standard InChI is InChI=1S/C15H11F2N3O3/c1-18-15(21)11-7-10(20(22)23)3-5-14(11)19(18)8-9-2-4-12(16)13(17)6-9/h2-7H,8H2,1H3. The van der Waals surface area contributed by atoms with E-state index in [-0.39, 0.29) is 17.6 Å². The molecule has 8 heteroatoms. The van der Waals surface area contributed by atoms with E-state index in [0.29, 0.717) is 11.1 Å². The Morgan fingerprint density at radius 1 is 1.13 bits per heavy atom. The summed E-state index contributed by atoms with van der Waals surface area (Å²) in [5, 5.41) is 11.0. The fraction of sp³-hybridized carbons (Fsp3) is 0.133. The number of fused-ring (bicyclic) bond motifs is 1. The molecular formula is C15H11F2N3O3. The summed E-state index contributed by atoms with van der Waals surface area (Å²) in [6.07, 6.45) is 0. The van der Waals surface area contributed by atoms with Crippen LogP contribution in [0.2, 0.25) is 0 Å². The van der Waals surface area contributed by atoms with Gasteiger partial charge in [0.2, 0.25) is 0 Å². The van der Waals surface area contributed by atoms with Crippen LogP contribution in [-0.4, -0.2) is 14.3 Å². The van der Waals surface area contributed by atoms with Crippen molar-refractivity contribution in [3.05, 3.63) is 74.1 Å². The molecule has 0 fully saturated rings. The number of nitro benzene ring substituents is 1. The summed E-state index contributed by atoms with van der Waals surface area (Å²) in [4.78, 5) is 22.5. The van der Waals surface area contributed by atoms with E-state index < -0.39 is 22.1 Å². The van der Waals surface area contributed by atoms with Crippen molar-refractivity contribution in [2.24, 2.45) is 7.05 Å². The van der Waals surface area contributed by atoms with Gasteiger partial charge in [-0.15, -0.1) is 0 Å². The summed E-state index contributed by atoms with van der Waals surface area (Å²) < 4.78 is 29.1. The van der Waals surface area contributed by atoms with Crippen LogP contribution >= 0.6 is 0 Å². The molecule has 1 heterocycles. The lowest BCUT2D eigenvalue weighted by atomic mass is 10.2. The number of halogens is 2. The average molecular weight is 319 g/mol. The number of nitro groups is 1. The van der Waals surface area contributed by atoms with Gasteiger partial charge in [-0.25, -0.2) is 8.78 Å². The minimum absolute atomic E-state index is 0.129. The maximum Gasteiger partial charge on any atom is 0.274 e. The highest BCUT2D eigenvalue weighted by Crippen LogP contribution is 2.20. The first kappa shape index (κ1) is 14.9. The van der Waals surface area contributed by atoms with Gasteiger partial charge in [0.25, 0.3) is 11.2 Å². The summed E-state index contributed by atoms with van der Waals surface area (Å²) >= 11 is 0. The molecule has 0 bridgehead atoms. The molecule has 0 spiro atoms. The molecule has 23 heavy (non-hydrogen) atoms. The molecule has 0 amide bonds. The van der Waals surface area contributed by atoms with Gasteiger partial charge < -0.3 is 0 Å². The van der Waals surface area contributed by atoms with Crippen LogP contribution in [-0.2, 0) is 13.6 Å². The molecule has 0 radical (unpaired) electrons. The van der Waals surface area contributed by atoms with Crippen LogP contribution in [0.3, 0.4) is 0 Å². The SMILES string of the molecule is Cn1c(=O)c2cc([N+](=O)[O-])ccc2n1Cc1ccc(F)c(F)c1. The molecule has 0 aliphatic carbocycles. The molecule has 0 saturated heterocycles. The topological polar surface area (TPSA) is 70.1 Å². The third-order valence-corrected chi connectivity index (χ3v) is 3.67. The number of hydrogen-bond donors (Lipinski definition) is 0. The Morgan fingerprint density at radius 2 is 1.87 bits per heavy atom. The maximum absolute atomic E-state index is 13.3. The first-order valence-electron chi connectivity index (χ1n) is 6.66. The van der Waals surface area contributed by atoms with Crippen molar-refractivity contribution in [2.45, 2.75) is 6.54 Å². The summed E-state index contributed by atoms with van der Waals surface area (Å²) in [6.45, 7) is 0.129. The highest BCUT2D eigenvalue weighted by atomic mass is 19.2. The molecule has 2 aromatic carbocycles. The fourth-order valence-corrected chi connectivity index (χ4v) is 2.48. The first-order valence-corrected chi connectivity index (χ1v) is 6.66. The van der Waals surface area contributed by atoms with E-state index in [1.807, 2.05) is 0 Å². The second-order valence-corrected chi connectivity index (χ2v) is 5.09. The van der Waals surface area contributed by atoms with E-state index in [0.717, 1.165) is 12.1 Å². The van der Waals surface area contributed by atoms with E-state index >= 15 is 0 Å². The normalized spacial score (nSPS) is 11.1. The van der Waals surface area contributed by atoms with Gasteiger partial charge in [0.05, 0.1) is 22.4 Å². The largest absolute Gasteiger partial charge is 0.278 e. The van der Waals surface area contributed by atoms with Crippen molar-refractivity contribution in [1.29, 1.82) is 0 Å². The minimum atomic E-state index is -0.973. The van der Waals surface area contributed by atoms with Crippen molar-refractivity contribution < 1.29 is 13.7 Å². The molecule has 0 saturated carbocycles. The Kier molecular flexibility index (Phi) is 3.44. The summed E-state index contributed by atoms with van der Waals surface area (Å²) in [5.41, 5.74) is 0.369. The second-order valence-electron chi connectivity index (χ2n) is 5.09. The van der Waals surface area contributed by atoms with Crippen molar-refractivity contribution in [2.75, 3.05) is 0 Å². The Labute approximate surface area is 128 Å². The van der Waals surface area contributed by atoms with Gasteiger partial charge in [-0.05, 0) is 23.8 Å². The van der Waals surface area contributed by atoms with Gasteiger partial charge in [0.15, 0.2) is 11.6 Å². The molecule has 0 aliphatic rings. The summed E-state index contributed by atoms with van der Waals surface area (Å²) in [7, 11) is 1.51. The number of aromatic nitrogens is 2. The van der Waals surface area contributed by atoms with E-state index in [1.165, 1.54) is 36.0 Å². The lowest BCUT2D eigenvalue weighted by Gasteiger charge is -2.09. The number of nitrogens with zero attached hydrogens (tertiary/aromatic N) is 3. The van der Waals surface area contributed by atoms with Crippen molar-refractivity contribution in [3.63, 3.8) is 0 Å². The minimum Gasteiger partial charge on any atom is -0.278 e. The van der Waals surface area contributed by atoms with E-state index in [4.69, 9.17) is 0 Å². The van der Waals surface area contributed by atoms with E-state index in [1.54, 1.807) is 4.68 Å². The Bertz CT molecular complexity index is 992. The summed E-state index contributed by atoms with van der Waals surface area (Å²) in [5.74, 6) is -1.92. The van der Waals surface area contributed by atoms with Crippen LogP contribution in [0, 0.1) is 21.7 Å². The Hall–Kier alpha value is -3.03. The predicted octanol–water partition coefficient (Wildman–Crippen LogP) is 2.57. The highest BCUT2D eigenvalue weighted by molar-refractivity contribution is 5.81. The molecule has 6 nitrogen and oxygen atoms in total. The molecule has 0 unspecified atom stereocenters. The van der Waals surface area contributed by atoms with E-state index in [2.05, 4.69) is 0 Å². The molecule has 3 rings (SSSR count). The number of rotatable bonds is 3. The average Bonchev–Trinajstić information content (AvgIpc) is 2.75. The highest BCUT2D eigenvalue weighted by Gasteiger charge is 2.15.